The molecule has 0 radical (unpaired) electrons. The molecule has 0 spiro atoms. The van der Waals surface area contributed by atoms with Crippen LogP contribution in [0.5, 0.6) is 0 Å². The summed E-state index contributed by atoms with van der Waals surface area (Å²) in [5.74, 6) is -6.69. The number of aromatic nitrogens is 2. The quantitative estimate of drug-likeness (QED) is 0.0682. The van der Waals surface area contributed by atoms with Crippen LogP contribution in [0.15, 0.2) is 4.34 Å². The van der Waals surface area contributed by atoms with Crippen LogP contribution in [0.1, 0.15) is 0 Å². The maximum Gasteiger partial charge on any atom is 0.317 e. The van der Waals surface area contributed by atoms with Crippen molar-refractivity contribution in [2.75, 3.05) is 70.8 Å². The molecule has 0 saturated heterocycles. The highest BCUT2D eigenvalue weighted by Gasteiger charge is 2.20. The number of carbonyl (C=O) groups excluding carboxylic acids is 2. The van der Waals surface area contributed by atoms with Crippen molar-refractivity contribution in [2.45, 2.75) is 4.34 Å². The lowest BCUT2D eigenvalue weighted by atomic mass is 10.3. The molecule has 2 amide bonds. The zero-order valence-electron chi connectivity index (χ0n) is 20.8. The molecule has 0 fully saturated rings. The van der Waals surface area contributed by atoms with Gasteiger partial charge in [0.25, 0.3) is 10.0 Å². The molecule has 0 aliphatic heterocycles. The third kappa shape index (κ3) is 14.9. The first-order valence-corrected chi connectivity index (χ1v) is 13.4. The van der Waals surface area contributed by atoms with E-state index < -0.39 is 89.3 Å². The molecule has 1 aromatic rings. The largest absolute Gasteiger partial charge is 0.480 e. The van der Waals surface area contributed by atoms with Crippen LogP contribution < -0.4 is 15.8 Å². The highest BCUT2D eigenvalue weighted by molar-refractivity contribution is 7.91. The Balaban J connectivity index is 2.82. The number of amides is 2. The summed E-state index contributed by atoms with van der Waals surface area (Å²) >= 11 is 0.484. The van der Waals surface area contributed by atoms with Crippen molar-refractivity contribution in [3.63, 3.8) is 0 Å². The summed E-state index contributed by atoms with van der Waals surface area (Å²) in [4.78, 5) is 72.3. The summed E-state index contributed by atoms with van der Waals surface area (Å²) < 4.78 is 21.9. The lowest BCUT2D eigenvalue weighted by Crippen LogP contribution is -2.47. The second kappa shape index (κ2) is 16.3. The number of sulfonamides is 1. The Labute approximate surface area is 230 Å². The van der Waals surface area contributed by atoms with Gasteiger partial charge < -0.3 is 25.7 Å². The highest BCUT2D eigenvalue weighted by atomic mass is 32.2. The van der Waals surface area contributed by atoms with Crippen LogP contribution >= 0.6 is 11.3 Å². The van der Waals surface area contributed by atoms with Crippen LogP contribution in [-0.4, -0.2) is 155 Å². The Morgan fingerprint density at radius 2 is 1.12 bits per heavy atom. The second-order valence-electron chi connectivity index (χ2n) is 8.02. The number of carbonyl (C=O) groups is 6. The van der Waals surface area contributed by atoms with Gasteiger partial charge >= 0.3 is 23.9 Å². The van der Waals surface area contributed by atoms with Gasteiger partial charge in [0.1, 0.15) is 0 Å². The fourth-order valence-corrected chi connectivity index (χ4v) is 4.35. The van der Waals surface area contributed by atoms with Gasteiger partial charge in [0.05, 0.1) is 39.3 Å². The summed E-state index contributed by atoms with van der Waals surface area (Å²) in [6.45, 7) is -3.86. The number of nitrogens with one attached hydrogen (secondary N) is 2. The van der Waals surface area contributed by atoms with Crippen LogP contribution in [0.3, 0.4) is 0 Å². The highest BCUT2D eigenvalue weighted by Crippen LogP contribution is 2.18. The molecule has 1 rings (SSSR count). The SMILES string of the molecule is NS(=O)(=O)c1nnc(NC(=O)CNC(=O)CN(CCN(CC(=O)O)CC(=O)O)CCN(CC(=O)O)CC(=O)O)s1. The fourth-order valence-electron chi connectivity index (χ4n) is 3.01. The Morgan fingerprint density at radius 3 is 1.50 bits per heavy atom. The van der Waals surface area contributed by atoms with E-state index in [1.54, 1.807) is 0 Å². The monoisotopic (exact) mass is 612 g/mol. The molecule has 0 bridgehead atoms. The molecule has 0 saturated carbocycles. The summed E-state index contributed by atoms with van der Waals surface area (Å²) in [6, 6.07) is 0. The molecule has 0 unspecified atom stereocenters. The topological polar surface area (TPSA) is 303 Å². The number of nitrogens with two attached hydrogens (primary N) is 1. The van der Waals surface area contributed by atoms with Gasteiger partial charge in [-0.25, -0.2) is 13.6 Å². The molecule has 20 nitrogen and oxygen atoms in total. The first kappa shape index (κ1) is 34.2. The maximum atomic E-state index is 12.5. The van der Waals surface area contributed by atoms with Crippen molar-refractivity contribution in [3.8, 4) is 0 Å². The number of hydrogen-bond donors (Lipinski definition) is 7. The van der Waals surface area contributed by atoms with Gasteiger partial charge in [-0.1, -0.05) is 11.3 Å². The first-order chi connectivity index (χ1) is 18.5. The van der Waals surface area contributed by atoms with Gasteiger partial charge in [-0.05, 0) is 0 Å². The number of carboxylic acid groups (broad SMARTS) is 4. The van der Waals surface area contributed by atoms with Crippen molar-refractivity contribution >= 4 is 62.2 Å². The Kier molecular flexibility index (Phi) is 13.9. The Hall–Kier alpha value is -3.83. The number of anilines is 1. The number of carboxylic acids is 4. The fraction of sp³-hybridized carbons (Fsp3) is 0.556. The van der Waals surface area contributed by atoms with Crippen molar-refractivity contribution in [1.82, 2.24) is 30.2 Å². The van der Waals surface area contributed by atoms with E-state index in [0.29, 0.717) is 11.3 Å². The zero-order valence-corrected chi connectivity index (χ0v) is 22.4. The molecule has 40 heavy (non-hydrogen) atoms. The number of primary sulfonamides is 1. The van der Waals surface area contributed by atoms with Gasteiger partial charge in [0.2, 0.25) is 21.3 Å². The predicted molar refractivity (Wildman–Crippen MR) is 133 cm³/mol. The van der Waals surface area contributed by atoms with Gasteiger partial charge in [-0.3, -0.25) is 48.8 Å². The third-order valence-corrected chi connectivity index (χ3v) is 6.76. The molecule has 22 heteroatoms. The van der Waals surface area contributed by atoms with Gasteiger partial charge in [0.15, 0.2) is 0 Å². The van der Waals surface area contributed by atoms with Gasteiger partial charge in [-0.2, -0.15) is 0 Å². The zero-order chi connectivity index (χ0) is 30.5. The number of nitrogens with zero attached hydrogens (tertiary/aromatic N) is 5. The Morgan fingerprint density at radius 1 is 0.700 bits per heavy atom. The summed E-state index contributed by atoms with van der Waals surface area (Å²) in [7, 11) is -4.13. The standard InChI is InChI=1S/C18H28N8O12S2/c19-40(37,38)18-23-22-17(39-18)21-11(27)5-20-12(28)6-24(1-3-25(7-13(29)30)8-14(31)32)2-4-26(9-15(33)34)10-16(35)36/h1-10H2,(H,20,28)(H,29,30)(H,31,32)(H,33,34)(H,35,36)(H2,19,37,38)(H,21,22,27). The van der Waals surface area contributed by atoms with E-state index in [-0.39, 0.29) is 31.3 Å². The van der Waals surface area contributed by atoms with Crippen molar-refractivity contribution in [1.29, 1.82) is 0 Å². The molecule has 224 valence electrons. The van der Waals surface area contributed by atoms with Crippen molar-refractivity contribution in [3.05, 3.63) is 0 Å². The first-order valence-electron chi connectivity index (χ1n) is 11.0. The maximum absolute atomic E-state index is 12.5. The second-order valence-corrected chi connectivity index (χ2v) is 10.7. The van der Waals surface area contributed by atoms with Crippen LogP contribution in [-0.2, 0) is 38.8 Å². The van der Waals surface area contributed by atoms with Crippen LogP contribution in [0.4, 0.5) is 5.13 Å². The summed E-state index contributed by atoms with van der Waals surface area (Å²) in [5.41, 5.74) is 0. The molecule has 0 atom stereocenters. The minimum Gasteiger partial charge on any atom is -0.480 e. The van der Waals surface area contributed by atoms with E-state index in [9.17, 15) is 37.2 Å². The van der Waals surface area contributed by atoms with Gasteiger partial charge in [0, 0.05) is 26.2 Å². The van der Waals surface area contributed by atoms with Crippen molar-refractivity contribution in [2.24, 2.45) is 5.14 Å². The van der Waals surface area contributed by atoms with Crippen LogP contribution in [0.25, 0.3) is 0 Å². The minimum absolute atomic E-state index is 0.0741. The van der Waals surface area contributed by atoms with E-state index in [1.807, 2.05) is 0 Å². The van der Waals surface area contributed by atoms with E-state index in [2.05, 4.69) is 20.8 Å². The molecular weight excluding hydrogens is 584 g/mol. The van der Waals surface area contributed by atoms with Crippen LogP contribution in [0, 0.1) is 0 Å². The molecule has 0 aliphatic rings. The molecule has 0 aliphatic carbocycles. The lowest BCUT2D eigenvalue weighted by Gasteiger charge is -2.28. The lowest BCUT2D eigenvalue weighted by molar-refractivity contribution is -0.143. The predicted octanol–water partition coefficient (Wildman–Crippen LogP) is -4.52. The van der Waals surface area contributed by atoms with Gasteiger partial charge in [-0.15, -0.1) is 10.2 Å². The van der Waals surface area contributed by atoms with E-state index in [1.165, 1.54) is 4.90 Å². The van der Waals surface area contributed by atoms with E-state index in [0.717, 1.165) is 9.80 Å². The summed E-state index contributed by atoms with van der Waals surface area (Å²) in [6.07, 6.45) is 0. The average molecular weight is 613 g/mol. The number of aliphatic carboxylic acids is 4. The smallest absolute Gasteiger partial charge is 0.317 e. The normalized spacial score (nSPS) is 11.5. The molecule has 1 aromatic heterocycles. The minimum atomic E-state index is -4.13. The average Bonchev–Trinajstić information content (AvgIpc) is 3.26. The number of rotatable bonds is 20. The van der Waals surface area contributed by atoms with E-state index in [4.69, 9.17) is 25.6 Å². The molecule has 1 heterocycles. The molecule has 8 N–H and O–H groups in total. The molecular formula is C18H28N8O12S2. The van der Waals surface area contributed by atoms with Crippen molar-refractivity contribution < 1.29 is 57.6 Å². The number of hydrogen-bond acceptors (Lipinski definition) is 14. The Bertz CT molecular complexity index is 1120. The molecule has 0 aromatic carbocycles. The van der Waals surface area contributed by atoms with E-state index >= 15 is 0 Å². The van der Waals surface area contributed by atoms with Crippen LogP contribution in [0.2, 0.25) is 0 Å². The third-order valence-electron chi connectivity index (χ3n) is 4.61. The summed E-state index contributed by atoms with van der Waals surface area (Å²) in [5, 5.41) is 52.0.